The molecular formula is C28H41N3O5S. The minimum atomic E-state index is -3.61. The molecule has 0 saturated carbocycles. The SMILES string of the molecule is CC[C@@H](C(=O)NC(C)(C)C)N(Cc1ccc(C)cc1)C(=O)CCCN(c1ccccc1OC)S(C)(=O)=O. The molecule has 0 heterocycles. The topological polar surface area (TPSA) is 96.0 Å². The Balaban J connectivity index is 2.26. The predicted octanol–water partition coefficient (Wildman–Crippen LogP) is 4.27. The lowest BCUT2D eigenvalue weighted by Gasteiger charge is -2.33. The number of rotatable bonds is 12. The summed E-state index contributed by atoms with van der Waals surface area (Å²) in [5.74, 6) is 0.0253. The summed E-state index contributed by atoms with van der Waals surface area (Å²) in [6, 6.07) is 14.1. The van der Waals surface area contributed by atoms with Gasteiger partial charge < -0.3 is 15.0 Å². The maximum atomic E-state index is 13.5. The number of amides is 2. The Morgan fingerprint density at radius 3 is 2.22 bits per heavy atom. The molecule has 0 bridgehead atoms. The van der Waals surface area contributed by atoms with Gasteiger partial charge in [0.15, 0.2) is 0 Å². The van der Waals surface area contributed by atoms with Crippen LogP contribution >= 0.6 is 0 Å². The molecule has 0 fully saturated rings. The summed E-state index contributed by atoms with van der Waals surface area (Å²) < 4.78 is 31.8. The molecule has 37 heavy (non-hydrogen) atoms. The number of anilines is 1. The van der Waals surface area contributed by atoms with Gasteiger partial charge in [-0.2, -0.15) is 0 Å². The van der Waals surface area contributed by atoms with Crippen LogP contribution in [0.2, 0.25) is 0 Å². The zero-order chi connectivity index (χ0) is 27.8. The van der Waals surface area contributed by atoms with Gasteiger partial charge in [-0.1, -0.05) is 48.9 Å². The van der Waals surface area contributed by atoms with Gasteiger partial charge in [-0.15, -0.1) is 0 Å². The number of hydrogen-bond acceptors (Lipinski definition) is 5. The van der Waals surface area contributed by atoms with Crippen molar-refractivity contribution < 1.29 is 22.7 Å². The molecule has 2 amide bonds. The van der Waals surface area contributed by atoms with Gasteiger partial charge in [0, 0.05) is 25.0 Å². The van der Waals surface area contributed by atoms with Crippen LogP contribution in [0.5, 0.6) is 5.75 Å². The van der Waals surface area contributed by atoms with E-state index in [-0.39, 0.29) is 37.7 Å². The van der Waals surface area contributed by atoms with E-state index in [2.05, 4.69) is 5.32 Å². The fourth-order valence-corrected chi connectivity index (χ4v) is 5.05. The Morgan fingerprint density at radius 1 is 1.05 bits per heavy atom. The fraction of sp³-hybridized carbons (Fsp3) is 0.500. The molecule has 0 unspecified atom stereocenters. The molecule has 1 N–H and O–H groups in total. The van der Waals surface area contributed by atoms with E-state index < -0.39 is 21.6 Å². The first-order valence-electron chi connectivity index (χ1n) is 12.5. The molecule has 9 heteroatoms. The first-order chi connectivity index (χ1) is 17.3. The van der Waals surface area contributed by atoms with Crippen molar-refractivity contribution in [3.8, 4) is 5.75 Å². The van der Waals surface area contributed by atoms with Crippen LogP contribution in [0.3, 0.4) is 0 Å². The van der Waals surface area contributed by atoms with Gasteiger partial charge in [0.2, 0.25) is 21.8 Å². The monoisotopic (exact) mass is 531 g/mol. The van der Waals surface area contributed by atoms with Crippen LogP contribution in [0.4, 0.5) is 5.69 Å². The van der Waals surface area contributed by atoms with Crippen LogP contribution in [-0.4, -0.2) is 56.6 Å². The average molecular weight is 532 g/mol. The lowest BCUT2D eigenvalue weighted by molar-refractivity contribution is -0.142. The van der Waals surface area contributed by atoms with E-state index in [0.29, 0.717) is 17.9 Å². The standard InChI is InChI=1S/C28H41N3O5S/c1-8-23(27(33)29-28(3,4)5)30(20-22-17-15-21(2)16-18-22)26(32)14-11-19-31(37(7,34)35)24-12-9-10-13-25(24)36-6/h9-10,12-13,15-18,23H,8,11,14,19-20H2,1-7H3,(H,29,33)/t23-/m0/s1. The first-order valence-corrected chi connectivity index (χ1v) is 14.4. The second-order valence-corrected chi connectivity index (χ2v) is 12.2. The van der Waals surface area contributed by atoms with Crippen LogP contribution < -0.4 is 14.4 Å². The van der Waals surface area contributed by atoms with Gasteiger partial charge in [0.25, 0.3) is 0 Å². The zero-order valence-electron chi connectivity index (χ0n) is 23.1. The number of nitrogens with one attached hydrogen (secondary N) is 1. The Kier molecular flexibility index (Phi) is 10.5. The summed E-state index contributed by atoms with van der Waals surface area (Å²) in [5.41, 5.74) is 2.02. The number of aryl methyl sites for hydroxylation is 1. The second-order valence-electron chi connectivity index (χ2n) is 10.3. The lowest BCUT2D eigenvalue weighted by Crippen LogP contribution is -2.53. The number of hydrogen-bond donors (Lipinski definition) is 1. The van der Waals surface area contributed by atoms with Crippen LogP contribution in [-0.2, 0) is 26.2 Å². The quantitative estimate of drug-likeness (QED) is 0.441. The Hall–Kier alpha value is -3.07. The number of benzene rings is 2. The van der Waals surface area contributed by atoms with Gasteiger partial charge in [0.1, 0.15) is 11.8 Å². The van der Waals surface area contributed by atoms with Crippen molar-refractivity contribution in [1.82, 2.24) is 10.2 Å². The number of sulfonamides is 1. The summed E-state index contributed by atoms with van der Waals surface area (Å²) in [4.78, 5) is 28.3. The molecule has 0 radical (unpaired) electrons. The van der Waals surface area contributed by atoms with Gasteiger partial charge in [0.05, 0.1) is 19.1 Å². The number of carbonyl (C=O) groups excluding carboxylic acids is 2. The number of methoxy groups -OCH3 is 1. The number of nitrogens with zero attached hydrogens (tertiary/aromatic N) is 2. The third-order valence-electron chi connectivity index (χ3n) is 5.86. The first kappa shape index (κ1) is 30.2. The van der Waals surface area contributed by atoms with E-state index in [0.717, 1.165) is 17.4 Å². The van der Waals surface area contributed by atoms with E-state index >= 15 is 0 Å². The zero-order valence-corrected chi connectivity index (χ0v) is 23.9. The van der Waals surface area contributed by atoms with Gasteiger partial charge in [-0.05, 0) is 58.2 Å². The van der Waals surface area contributed by atoms with Crippen molar-refractivity contribution >= 4 is 27.5 Å². The van der Waals surface area contributed by atoms with Crippen molar-refractivity contribution in [2.75, 3.05) is 24.2 Å². The van der Waals surface area contributed by atoms with E-state index in [1.165, 1.54) is 11.4 Å². The van der Waals surface area contributed by atoms with Crippen LogP contribution in [0.1, 0.15) is 58.1 Å². The van der Waals surface area contributed by atoms with E-state index in [9.17, 15) is 18.0 Å². The third-order valence-corrected chi connectivity index (χ3v) is 7.04. The number of carbonyl (C=O) groups is 2. The van der Waals surface area contributed by atoms with Crippen molar-refractivity contribution in [1.29, 1.82) is 0 Å². The summed E-state index contributed by atoms with van der Waals surface area (Å²) >= 11 is 0. The Bertz CT molecular complexity index is 1160. The molecule has 0 aliphatic rings. The summed E-state index contributed by atoms with van der Waals surface area (Å²) in [6.07, 6.45) is 1.96. The van der Waals surface area contributed by atoms with Crippen molar-refractivity contribution in [3.05, 3.63) is 59.7 Å². The minimum Gasteiger partial charge on any atom is -0.495 e. The predicted molar refractivity (Wildman–Crippen MR) is 148 cm³/mol. The van der Waals surface area contributed by atoms with E-state index in [1.807, 2.05) is 58.9 Å². The molecule has 8 nitrogen and oxygen atoms in total. The van der Waals surface area contributed by atoms with Gasteiger partial charge >= 0.3 is 0 Å². The van der Waals surface area contributed by atoms with E-state index in [4.69, 9.17) is 4.74 Å². The molecule has 0 aliphatic carbocycles. The molecule has 0 spiro atoms. The molecule has 2 aromatic carbocycles. The molecule has 1 atom stereocenters. The molecular weight excluding hydrogens is 490 g/mol. The average Bonchev–Trinajstić information content (AvgIpc) is 2.81. The van der Waals surface area contributed by atoms with Crippen LogP contribution in [0.15, 0.2) is 48.5 Å². The van der Waals surface area contributed by atoms with Crippen LogP contribution in [0, 0.1) is 6.92 Å². The molecule has 2 rings (SSSR count). The smallest absolute Gasteiger partial charge is 0.243 e. The molecule has 0 aromatic heterocycles. The summed E-state index contributed by atoms with van der Waals surface area (Å²) in [7, 11) is -2.13. The highest BCUT2D eigenvalue weighted by Gasteiger charge is 2.31. The molecule has 2 aromatic rings. The van der Waals surface area contributed by atoms with E-state index in [1.54, 1.807) is 29.2 Å². The van der Waals surface area contributed by atoms with Gasteiger partial charge in [-0.25, -0.2) is 8.42 Å². The largest absolute Gasteiger partial charge is 0.495 e. The van der Waals surface area contributed by atoms with Crippen molar-refractivity contribution in [3.63, 3.8) is 0 Å². The molecule has 204 valence electrons. The summed E-state index contributed by atoms with van der Waals surface area (Å²) in [6.45, 7) is 9.99. The molecule has 0 aliphatic heterocycles. The Labute approximate surface area is 222 Å². The second kappa shape index (κ2) is 12.9. The Morgan fingerprint density at radius 2 is 1.68 bits per heavy atom. The molecule has 0 saturated heterocycles. The maximum absolute atomic E-state index is 13.5. The van der Waals surface area contributed by atoms with Crippen molar-refractivity contribution in [2.24, 2.45) is 0 Å². The number of para-hydroxylation sites is 2. The normalized spacial score (nSPS) is 12.5. The lowest BCUT2D eigenvalue weighted by atomic mass is 10.0. The summed E-state index contributed by atoms with van der Waals surface area (Å²) in [5, 5.41) is 2.99. The fourth-order valence-electron chi connectivity index (χ4n) is 4.08. The number of ether oxygens (including phenoxy) is 1. The highest BCUT2D eigenvalue weighted by Crippen LogP contribution is 2.30. The highest BCUT2D eigenvalue weighted by molar-refractivity contribution is 7.92. The van der Waals surface area contributed by atoms with Crippen LogP contribution in [0.25, 0.3) is 0 Å². The highest BCUT2D eigenvalue weighted by atomic mass is 32.2. The minimum absolute atomic E-state index is 0.0896. The maximum Gasteiger partial charge on any atom is 0.243 e. The van der Waals surface area contributed by atoms with Gasteiger partial charge in [-0.3, -0.25) is 13.9 Å². The third kappa shape index (κ3) is 9.07. The van der Waals surface area contributed by atoms with Crippen molar-refractivity contribution in [2.45, 2.75) is 72.0 Å².